The molecule has 2 atom stereocenters. The predicted molar refractivity (Wildman–Crippen MR) is 72.8 cm³/mol. The van der Waals surface area contributed by atoms with Crippen LogP contribution in [0.25, 0.3) is 0 Å². The Morgan fingerprint density at radius 3 is 2.35 bits per heavy atom. The van der Waals surface area contributed by atoms with Crippen LogP contribution in [-0.4, -0.2) is 40.3 Å². The summed E-state index contributed by atoms with van der Waals surface area (Å²) in [6, 6.07) is 0. The zero-order valence-electron chi connectivity index (χ0n) is 11.8. The van der Waals surface area contributed by atoms with Gasteiger partial charge in [-0.3, -0.25) is 0 Å². The van der Waals surface area contributed by atoms with Crippen LogP contribution in [0, 0.1) is 0 Å². The molecule has 2 unspecified atom stereocenters. The van der Waals surface area contributed by atoms with Gasteiger partial charge in [-0.25, -0.2) is 0 Å². The largest absolute Gasteiger partial charge is 0.414 e. The van der Waals surface area contributed by atoms with Gasteiger partial charge in [-0.2, -0.15) is 0 Å². The molecule has 1 rings (SSSR count). The molecule has 0 amide bonds. The molecule has 0 spiro atoms. The van der Waals surface area contributed by atoms with Gasteiger partial charge in [0, 0.05) is 0 Å². The minimum Gasteiger partial charge on any atom is -0.414 e. The first-order chi connectivity index (χ1) is 7.76. The quantitative estimate of drug-likeness (QED) is 0.573. The van der Waals surface area contributed by atoms with Crippen molar-refractivity contribution in [2.24, 2.45) is 0 Å². The SMILES string of the molecule is C=CC1COC(CO[Si](C)(C)C(C)(C)C)CO1. The Labute approximate surface area is 106 Å². The molecule has 4 heteroatoms. The Bertz CT molecular complexity index is 250. The second-order valence-corrected chi connectivity index (χ2v) is 10.9. The van der Waals surface area contributed by atoms with Crippen molar-refractivity contribution in [2.45, 2.75) is 51.1 Å². The van der Waals surface area contributed by atoms with Gasteiger partial charge in [0.15, 0.2) is 8.32 Å². The van der Waals surface area contributed by atoms with Crippen molar-refractivity contribution in [1.29, 1.82) is 0 Å². The van der Waals surface area contributed by atoms with Gasteiger partial charge in [0.25, 0.3) is 0 Å². The fraction of sp³-hybridized carbons (Fsp3) is 0.846. The van der Waals surface area contributed by atoms with Crippen molar-refractivity contribution >= 4 is 8.32 Å². The third kappa shape index (κ3) is 4.21. The first kappa shape index (κ1) is 14.9. The van der Waals surface area contributed by atoms with Gasteiger partial charge < -0.3 is 13.9 Å². The summed E-state index contributed by atoms with van der Waals surface area (Å²) >= 11 is 0. The maximum Gasteiger partial charge on any atom is 0.192 e. The first-order valence-corrected chi connectivity index (χ1v) is 9.17. The third-order valence-corrected chi connectivity index (χ3v) is 8.19. The lowest BCUT2D eigenvalue weighted by Gasteiger charge is -2.38. The van der Waals surface area contributed by atoms with Crippen LogP contribution in [0.2, 0.25) is 18.1 Å². The van der Waals surface area contributed by atoms with Crippen LogP contribution >= 0.6 is 0 Å². The van der Waals surface area contributed by atoms with Crippen molar-refractivity contribution in [1.82, 2.24) is 0 Å². The van der Waals surface area contributed by atoms with E-state index in [0.717, 1.165) is 0 Å². The molecule has 0 aliphatic carbocycles. The van der Waals surface area contributed by atoms with Crippen molar-refractivity contribution in [3.8, 4) is 0 Å². The predicted octanol–water partition coefficient (Wildman–Crippen LogP) is 2.98. The van der Waals surface area contributed by atoms with Gasteiger partial charge in [-0.05, 0) is 18.1 Å². The van der Waals surface area contributed by atoms with Gasteiger partial charge >= 0.3 is 0 Å². The highest BCUT2D eigenvalue weighted by molar-refractivity contribution is 6.74. The monoisotopic (exact) mass is 258 g/mol. The first-order valence-electron chi connectivity index (χ1n) is 6.26. The van der Waals surface area contributed by atoms with Crippen LogP contribution in [0.15, 0.2) is 12.7 Å². The van der Waals surface area contributed by atoms with E-state index in [9.17, 15) is 0 Å². The summed E-state index contributed by atoms with van der Waals surface area (Å²) in [5.74, 6) is 0. The molecule has 0 aromatic rings. The normalized spacial score (nSPS) is 26.9. The van der Waals surface area contributed by atoms with Gasteiger partial charge in [0.2, 0.25) is 0 Å². The summed E-state index contributed by atoms with van der Waals surface area (Å²) < 4.78 is 17.4. The fourth-order valence-electron chi connectivity index (χ4n) is 1.31. The van der Waals surface area contributed by atoms with Crippen LogP contribution in [0.3, 0.4) is 0 Å². The molecular formula is C13H26O3Si. The van der Waals surface area contributed by atoms with Crippen LogP contribution in [0.1, 0.15) is 20.8 Å². The molecule has 0 aromatic heterocycles. The lowest BCUT2D eigenvalue weighted by atomic mass is 10.2. The number of ether oxygens (including phenoxy) is 2. The zero-order valence-corrected chi connectivity index (χ0v) is 12.8. The van der Waals surface area contributed by atoms with E-state index in [1.54, 1.807) is 6.08 Å². The average Bonchev–Trinajstić information content (AvgIpc) is 2.25. The van der Waals surface area contributed by atoms with Crippen LogP contribution < -0.4 is 0 Å². The lowest BCUT2D eigenvalue weighted by Crippen LogP contribution is -2.45. The summed E-state index contributed by atoms with van der Waals surface area (Å²) in [7, 11) is -1.67. The van der Waals surface area contributed by atoms with Gasteiger partial charge in [-0.1, -0.05) is 26.8 Å². The Kier molecular flexibility index (Phi) is 4.95. The summed E-state index contributed by atoms with van der Waals surface area (Å²) in [6.07, 6.45) is 1.89. The van der Waals surface area contributed by atoms with E-state index in [0.29, 0.717) is 19.8 Å². The molecule has 1 aliphatic rings. The molecule has 0 aromatic carbocycles. The highest BCUT2D eigenvalue weighted by Crippen LogP contribution is 2.36. The Balaban J connectivity index is 2.35. The van der Waals surface area contributed by atoms with E-state index in [-0.39, 0.29) is 17.2 Å². The molecule has 0 bridgehead atoms. The Morgan fingerprint density at radius 2 is 1.94 bits per heavy atom. The average molecular weight is 258 g/mol. The number of hydrogen-bond donors (Lipinski definition) is 0. The molecule has 0 N–H and O–H groups in total. The maximum atomic E-state index is 6.11. The van der Waals surface area contributed by atoms with E-state index in [2.05, 4.69) is 40.4 Å². The van der Waals surface area contributed by atoms with Crippen molar-refractivity contribution in [2.75, 3.05) is 19.8 Å². The van der Waals surface area contributed by atoms with Gasteiger partial charge in [0.05, 0.1) is 25.9 Å². The van der Waals surface area contributed by atoms with Crippen LogP contribution in [0.5, 0.6) is 0 Å². The molecule has 3 nitrogen and oxygen atoms in total. The highest BCUT2D eigenvalue weighted by atomic mass is 28.4. The fourth-order valence-corrected chi connectivity index (χ4v) is 2.34. The Hall–Kier alpha value is -0.163. The molecule has 1 aliphatic heterocycles. The minimum atomic E-state index is -1.67. The molecular weight excluding hydrogens is 232 g/mol. The van der Waals surface area contributed by atoms with Crippen molar-refractivity contribution in [3.05, 3.63) is 12.7 Å². The molecule has 1 saturated heterocycles. The topological polar surface area (TPSA) is 27.7 Å². The Morgan fingerprint density at radius 1 is 1.29 bits per heavy atom. The number of hydrogen-bond acceptors (Lipinski definition) is 3. The third-order valence-electron chi connectivity index (χ3n) is 3.69. The smallest absolute Gasteiger partial charge is 0.192 e. The molecule has 1 fully saturated rings. The second-order valence-electron chi connectivity index (χ2n) is 6.13. The molecule has 17 heavy (non-hydrogen) atoms. The van der Waals surface area contributed by atoms with Crippen LogP contribution in [-0.2, 0) is 13.9 Å². The number of rotatable bonds is 4. The zero-order chi connectivity index (χ0) is 13.1. The highest BCUT2D eigenvalue weighted by Gasteiger charge is 2.38. The summed E-state index contributed by atoms with van der Waals surface area (Å²) in [5.41, 5.74) is 0. The summed E-state index contributed by atoms with van der Waals surface area (Å²) in [4.78, 5) is 0. The van der Waals surface area contributed by atoms with Crippen molar-refractivity contribution in [3.63, 3.8) is 0 Å². The summed E-state index contributed by atoms with van der Waals surface area (Å²) in [5, 5.41) is 0.242. The van der Waals surface area contributed by atoms with E-state index >= 15 is 0 Å². The lowest BCUT2D eigenvalue weighted by molar-refractivity contribution is -0.128. The van der Waals surface area contributed by atoms with Crippen molar-refractivity contribution < 1.29 is 13.9 Å². The van der Waals surface area contributed by atoms with Gasteiger partial charge in [-0.15, -0.1) is 6.58 Å². The van der Waals surface area contributed by atoms with E-state index < -0.39 is 8.32 Å². The van der Waals surface area contributed by atoms with E-state index in [1.165, 1.54) is 0 Å². The molecule has 0 radical (unpaired) electrons. The van der Waals surface area contributed by atoms with Crippen LogP contribution in [0.4, 0.5) is 0 Å². The summed E-state index contributed by atoms with van der Waals surface area (Å²) in [6.45, 7) is 16.8. The standard InChI is InChI=1S/C13H26O3Si/c1-7-11-8-15-12(9-14-11)10-16-17(5,6)13(2,3)4/h7,11-12H,1,8-10H2,2-6H3. The maximum absolute atomic E-state index is 6.11. The molecule has 100 valence electrons. The minimum absolute atomic E-state index is 0.0409. The van der Waals surface area contributed by atoms with E-state index in [4.69, 9.17) is 13.9 Å². The van der Waals surface area contributed by atoms with Gasteiger partial charge in [0.1, 0.15) is 6.10 Å². The van der Waals surface area contributed by atoms with E-state index in [1.807, 2.05) is 0 Å². The molecule has 1 heterocycles. The second kappa shape index (κ2) is 5.65. The molecule has 0 saturated carbocycles.